The lowest BCUT2D eigenvalue weighted by Gasteiger charge is -2.23. The molecule has 12 heteroatoms. The highest BCUT2D eigenvalue weighted by Gasteiger charge is 2.22. The van der Waals surface area contributed by atoms with Crippen molar-refractivity contribution in [3.05, 3.63) is 48.0 Å². The molecule has 3 aromatic heterocycles. The van der Waals surface area contributed by atoms with E-state index in [2.05, 4.69) is 35.4 Å². The molecule has 0 aliphatic carbocycles. The van der Waals surface area contributed by atoms with Crippen molar-refractivity contribution in [2.75, 3.05) is 41.5 Å². The molecule has 0 bridgehead atoms. The number of nitrogens with zero attached hydrogens (tertiary/aromatic N) is 6. The second-order valence-corrected chi connectivity index (χ2v) is 10.6. The number of rotatable bonds is 6. The molecule has 0 atom stereocenters. The van der Waals surface area contributed by atoms with Crippen molar-refractivity contribution in [1.29, 1.82) is 0 Å². The van der Waals surface area contributed by atoms with Gasteiger partial charge in [-0.15, -0.1) is 0 Å². The van der Waals surface area contributed by atoms with Gasteiger partial charge in [0.2, 0.25) is 5.95 Å². The van der Waals surface area contributed by atoms with Gasteiger partial charge >= 0.3 is 0 Å². The zero-order chi connectivity index (χ0) is 24.7. The Kier molecular flexibility index (Phi) is 5.75. The van der Waals surface area contributed by atoms with Crippen LogP contribution in [0.15, 0.2) is 41.6 Å². The third-order valence-electron chi connectivity index (χ3n) is 6.10. The quantitative estimate of drug-likeness (QED) is 0.411. The van der Waals surface area contributed by atoms with Crippen molar-refractivity contribution in [2.45, 2.75) is 24.7 Å². The first-order chi connectivity index (χ1) is 16.7. The third-order valence-corrected chi connectivity index (χ3v) is 7.32. The standard InChI is InChI=1S/C23H25FN8O2S/c1-14-18(32-8-4-5-9-32)11-16(12-19(14)35(3,33)34)27-23-25-7-6-20(28-23)31(2)22-17-10-15(24)13-26-21(17)29-30-22/h6-7,10-13H,4-5,8-9H2,1-3H3,(H,25,27,28)(H,26,29,30). The van der Waals surface area contributed by atoms with Gasteiger partial charge in [-0.3, -0.25) is 5.10 Å². The number of aromatic amines is 1. The summed E-state index contributed by atoms with van der Waals surface area (Å²) in [5.74, 6) is 0.792. The van der Waals surface area contributed by atoms with Gasteiger partial charge in [-0.05, 0) is 49.6 Å². The summed E-state index contributed by atoms with van der Waals surface area (Å²) in [6.45, 7) is 3.61. The zero-order valence-corrected chi connectivity index (χ0v) is 20.4. The molecule has 1 aromatic carbocycles. The van der Waals surface area contributed by atoms with Crippen LogP contribution in [0.2, 0.25) is 0 Å². The van der Waals surface area contributed by atoms with Crippen molar-refractivity contribution in [2.24, 2.45) is 0 Å². The van der Waals surface area contributed by atoms with Crippen molar-refractivity contribution < 1.29 is 12.8 Å². The Morgan fingerprint density at radius 1 is 1.17 bits per heavy atom. The molecule has 1 aliphatic heterocycles. The molecule has 1 fully saturated rings. The van der Waals surface area contributed by atoms with Crippen molar-refractivity contribution in [1.82, 2.24) is 25.1 Å². The van der Waals surface area contributed by atoms with Gasteiger partial charge < -0.3 is 15.1 Å². The largest absolute Gasteiger partial charge is 0.371 e. The predicted molar refractivity (Wildman–Crippen MR) is 133 cm³/mol. The minimum atomic E-state index is -3.44. The number of hydrogen-bond donors (Lipinski definition) is 2. The normalized spacial score (nSPS) is 14.0. The van der Waals surface area contributed by atoms with E-state index in [1.807, 2.05) is 13.0 Å². The molecular formula is C23H25FN8O2S. The van der Waals surface area contributed by atoms with Gasteiger partial charge in [-0.25, -0.2) is 22.8 Å². The van der Waals surface area contributed by atoms with Gasteiger partial charge in [0.05, 0.1) is 16.5 Å². The lowest BCUT2D eigenvalue weighted by Crippen LogP contribution is -2.20. The van der Waals surface area contributed by atoms with Crippen molar-refractivity contribution >= 4 is 49.8 Å². The Balaban J connectivity index is 1.49. The van der Waals surface area contributed by atoms with E-state index in [9.17, 15) is 12.8 Å². The van der Waals surface area contributed by atoms with E-state index in [4.69, 9.17) is 0 Å². The number of pyridine rings is 1. The molecule has 0 unspecified atom stereocenters. The second-order valence-electron chi connectivity index (χ2n) is 8.60. The number of benzene rings is 1. The summed E-state index contributed by atoms with van der Waals surface area (Å²) >= 11 is 0. The summed E-state index contributed by atoms with van der Waals surface area (Å²) in [4.78, 5) is 17.1. The number of nitrogens with one attached hydrogen (secondary N) is 2. The number of anilines is 5. The Bertz CT molecular complexity index is 1520. The molecule has 0 amide bonds. The van der Waals surface area contributed by atoms with Crippen LogP contribution in [0.4, 0.5) is 33.3 Å². The van der Waals surface area contributed by atoms with Gasteiger partial charge in [0.1, 0.15) is 11.6 Å². The highest BCUT2D eigenvalue weighted by Crippen LogP contribution is 2.34. The minimum absolute atomic E-state index is 0.273. The van der Waals surface area contributed by atoms with Gasteiger partial charge in [0, 0.05) is 44.0 Å². The van der Waals surface area contributed by atoms with Gasteiger partial charge in [-0.1, -0.05) is 0 Å². The van der Waals surface area contributed by atoms with Crippen molar-refractivity contribution in [3.63, 3.8) is 0 Å². The molecule has 0 saturated carbocycles. The molecule has 10 nitrogen and oxygen atoms in total. The fourth-order valence-electron chi connectivity index (χ4n) is 4.37. The van der Waals surface area contributed by atoms with Crippen LogP contribution in [0, 0.1) is 12.7 Å². The average Bonchev–Trinajstić information content (AvgIpc) is 3.49. The van der Waals surface area contributed by atoms with E-state index in [-0.39, 0.29) is 10.8 Å². The van der Waals surface area contributed by atoms with Gasteiger partial charge in [0.25, 0.3) is 0 Å². The summed E-state index contributed by atoms with van der Waals surface area (Å²) in [7, 11) is -1.68. The summed E-state index contributed by atoms with van der Waals surface area (Å²) in [6, 6.07) is 6.60. The lowest BCUT2D eigenvalue weighted by molar-refractivity contribution is 0.601. The van der Waals surface area contributed by atoms with Crippen LogP contribution in [0.5, 0.6) is 0 Å². The van der Waals surface area contributed by atoms with E-state index in [1.54, 1.807) is 30.3 Å². The number of fused-ring (bicyclic) bond motifs is 1. The van der Waals surface area contributed by atoms with Crippen molar-refractivity contribution in [3.8, 4) is 0 Å². The first-order valence-electron chi connectivity index (χ1n) is 11.1. The van der Waals surface area contributed by atoms with E-state index in [0.29, 0.717) is 28.4 Å². The van der Waals surface area contributed by atoms with Crippen LogP contribution in [-0.2, 0) is 9.84 Å². The molecule has 4 heterocycles. The molecule has 5 rings (SSSR count). The minimum Gasteiger partial charge on any atom is -0.371 e. The number of aromatic nitrogens is 5. The maximum absolute atomic E-state index is 13.8. The SMILES string of the molecule is Cc1c(N2CCCC2)cc(Nc2nccc(N(C)c3n[nH]c4ncc(F)cc34)n2)cc1S(C)(=O)=O. The van der Waals surface area contributed by atoms with Crippen LogP contribution in [-0.4, -0.2) is 60.0 Å². The highest BCUT2D eigenvalue weighted by atomic mass is 32.2. The van der Waals surface area contributed by atoms with E-state index < -0.39 is 15.7 Å². The summed E-state index contributed by atoms with van der Waals surface area (Å²) < 4.78 is 38.8. The highest BCUT2D eigenvalue weighted by molar-refractivity contribution is 7.90. The van der Waals surface area contributed by atoms with Crippen LogP contribution in [0.1, 0.15) is 18.4 Å². The fourth-order valence-corrected chi connectivity index (χ4v) is 5.37. The number of halogens is 1. The first-order valence-corrected chi connectivity index (χ1v) is 13.0. The number of sulfone groups is 1. The van der Waals surface area contributed by atoms with Crippen LogP contribution < -0.4 is 15.1 Å². The molecular weight excluding hydrogens is 471 g/mol. The lowest BCUT2D eigenvalue weighted by atomic mass is 10.1. The topological polar surface area (TPSA) is 120 Å². The molecule has 182 valence electrons. The van der Waals surface area contributed by atoms with Crippen LogP contribution in [0.25, 0.3) is 11.0 Å². The summed E-state index contributed by atoms with van der Waals surface area (Å²) in [5.41, 5.74) is 2.66. The van der Waals surface area contributed by atoms with Crippen LogP contribution >= 0.6 is 0 Å². The summed E-state index contributed by atoms with van der Waals surface area (Å²) in [6.07, 6.45) is 6.07. The third kappa shape index (κ3) is 4.48. The summed E-state index contributed by atoms with van der Waals surface area (Å²) in [5, 5.41) is 10.7. The smallest absolute Gasteiger partial charge is 0.229 e. The Morgan fingerprint density at radius 2 is 1.94 bits per heavy atom. The number of hydrogen-bond acceptors (Lipinski definition) is 9. The monoisotopic (exact) mass is 496 g/mol. The Hall–Kier alpha value is -3.80. The molecule has 0 radical (unpaired) electrons. The zero-order valence-electron chi connectivity index (χ0n) is 19.6. The molecule has 2 N–H and O–H groups in total. The predicted octanol–water partition coefficient (Wildman–Crippen LogP) is 3.71. The van der Waals surface area contributed by atoms with Gasteiger partial charge in [0.15, 0.2) is 21.3 Å². The van der Waals surface area contributed by atoms with E-state index in [0.717, 1.165) is 43.4 Å². The molecule has 1 saturated heterocycles. The molecule has 1 aliphatic rings. The average molecular weight is 497 g/mol. The number of H-pyrrole nitrogens is 1. The maximum atomic E-state index is 13.8. The molecule has 0 spiro atoms. The molecule has 35 heavy (non-hydrogen) atoms. The maximum Gasteiger partial charge on any atom is 0.229 e. The molecule has 4 aromatic rings. The fraction of sp³-hybridized carbons (Fsp3) is 0.304. The Labute approximate surface area is 202 Å². The second kappa shape index (κ2) is 8.77. The Morgan fingerprint density at radius 3 is 2.69 bits per heavy atom. The first kappa shape index (κ1) is 23.0. The van der Waals surface area contributed by atoms with E-state index in [1.165, 1.54) is 12.3 Å². The van der Waals surface area contributed by atoms with Crippen LogP contribution in [0.3, 0.4) is 0 Å². The van der Waals surface area contributed by atoms with Gasteiger partial charge in [-0.2, -0.15) is 10.1 Å². The van der Waals surface area contributed by atoms with E-state index >= 15 is 0 Å².